The Bertz CT molecular complexity index is 403. The second kappa shape index (κ2) is 3.49. The molecule has 0 saturated heterocycles. The molecule has 20 heavy (non-hydrogen) atoms. The normalized spacial score (nSPS) is 58.5. The van der Waals surface area contributed by atoms with Gasteiger partial charge >= 0.3 is 0 Å². The van der Waals surface area contributed by atoms with E-state index in [2.05, 4.69) is 41.5 Å². The van der Waals surface area contributed by atoms with E-state index in [1.165, 1.54) is 38.5 Å². The Kier molecular flexibility index (Phi) is 2.38. The highest BCUT2D eigenvalue weighted by Gasteiger charge is 2.67. The van der Waals surface area contributed by atoms with Gasteiger partial charge in [0, 0.05) is 0 Å². The van der Waals surface area contributed by atoms with Crippen molar-refractivity contribution in [3.8, 4) is 0 Å². The van der Waals surface area contributed by atoms with Crippen LogP contribution in [-0.2, 0) is 0 Å². The van der Waals surface area contributed by atoms with Gasteiger partial charge in [0.1, 0.15) is 0 Å². The first-order chi connectivity index (χ1) is 9.12. The van der Waals surface area contributed by atoms with E-state index in [1.54, 1.807) is 0 Å². The number of rotatable bonds is 1. The molecule has 4 aliphatic carbocycles. The number of hydrogen-bond acceptors (Lipinski definition) is 0. The van der Waals surface area contributed by atoms with Crippen molar-refractivity contribution in [3.63, 3.8) is 0 Å². The Hall–Kier alpha value is 0. The fourth-order valence-electron chi connectivity index (χ4n) is 6.89. The lowest BCUT2D eigenvalue weighted by Crippen LogP contribution is -2.41. The second-order valence-electron chi connectivity index (χ2n) is 10.7. The zero-order valence-electron chi connectivity index (χ0n) is 14.6. The Balaban J connectivity index is 1.55. The largest absolute Gasteiger partial charge is 0.0594 e. The van der Waals surface area contributed by atoms with E-state index >= 15 is 0 Å². The minimum Gasteiger partial charge on any atom is -0.0594 e. The molecule has 0 heteroatoms. The van der Waals surface area contributed by atoms with Crippen LogP contribution in [0.3, 0.4) is 0 Å². The fraction of sp³-hybridized carbons (Fsp3) is 1.00. The standard InChI is InChI=1S/C20H34/c1-17(2)13-7-9-19(5,11-15(13)17)20(6)10-8-14-16(12-20)18(14,3)4/h13-16H,7-12H2,1-6H3. The van der Waals surface area contributed by atoms with Crippen LogP contribution in [0.2, 0.25) is 0 Å². The van der Waals surface area contributed by atoms with E-state index in [0.717, 1.165) is 23.7 Å². The van der Waals surface area contributed by atoms with E-state index in [0.29, 0.717) is 21.7 Å². The molecule has 6 atom stereocenters. The highest BCUT2D eigenvalue weighted by atomic mass is 14.7. The molecule has 114 valence electrons. The monoisotopic (exact) mass is 274 g/mol. The summed E-state index contributed by atoms with van der Waals surface area (Å²) in [5.41, 5.74) is 2.60. The quantitative estimate of drug-likeness (QED) is 0.557. The van der Waals surface area contributed by atoms with Crippen LogP contribution < -0.4 is 0 Å². The molecule has 0 aromatic rings. The summed E-state index contributed by atoms with van der Waals surface area (Å²) in [6.45, 7) is 15.4. The Morgan fingerprint density at radius 1 is 0.550 bits per heavy atom. The summed E-state index contributed by atoms with van der Waals surface area (Å²) < 4.78 is 0. The summed E-state index contributed by atoms with van der Waals surface area (Å²) in [5.74, 6) is 4.21. The fourth-order valence-corrected chi connectivity index (χ4v) is 6.89. The van der Waals surface area contributed by atoms with Crippen molar-refractivity contribution >= 4 is 0 Å². The van der Waals surface area contributed by atoms with Gasteiger partial charge < -0.3 is 0 Å². The molecule has 6 unspecified atom stereocenters. The Labute approximate surface area is 126 Å². The number of fused-ring (bicyclic) bond motifs is 2. The molecular weight excluding hydrogens is 240 g/mol. The maximum atomic E-state index is 2.66. The summed E-state index contributed by atoms with van der Waals surface area (Å²) in [6, 6.07) is 0. The third-order valence-corrected chi connectivity index (χ3v) is 9.39. The molecule has 4 saturated carbocycles. The summed E-state index contributed by atoms with van der Waals surface area (Å²) >= 11 is 0. The Morgan fingerprint density at radius 2 is 0.900 bits per heavy atom. The predicted molar refractivity (Wildman–Crippen MR) is 85.4 cm³/mol. The maximum absolute atomic E-state index is 2.66. The van der Waals surface area contributed by atoms with Crippen molar-refractivity contribution in [1.29, 1.82) is 0 Å². The van der Waals surface area contributed by atoms with Crippen molar-refractivity contribution in [2.24, 2.45) is 45.3 Å². The SMILES string of the molecule is CC1(C)C2CCC(C)(C3(C)CCC4C(C3)C4(C)C)CC21. The number of hydrogen-bond donors (Lipinski definition) is 0. The van der Waals surface area contributed by atoms with E-state index in [1.807, 2.05) is 0 Å². The van der Waals surface area contributed by atoms with Gasteiger partial charge in [-0.15, -0.1) is 0 Å². The first-order valence-electron chi connectivity index (χ1n) is 9.12. The lowest BCUT2D eigenvalue weighted by atomic mass is 9.54. The molecule has 0 nitrogen and oxygen atoms in total. The summed E-state index contributed by atoms with van der Waals surface area (Å²) in [7, 11) is 0. The molecule has 4 fully saturated rings. The topological polar surface area (TPSA) is 0 Å². The van der Waals surface area contributed by atoms with Crippen molar-refractivity contribution in [2.45, 2.75) is 80.1 Å². The van der Waals surface area contributed by atoms with Gasteiger partial charge in [0.2, 0.25) is 0 Å². The van der Waals surface area contributed by atoms with Crippen molar-refractivity contribution in [1.82, 2.24) is 0 Å². The third-order valence-electron chi connectivity index (χ3n) is 9.39. The summed E-state index contributed by atoms with van der Waals surface area (Å²) in [4.78, 5) is 0. The van der Waals surface area contributed by atoms with Gasteiger partial charge in [-0.05, 0) is 83.9 Å². The molecule has 0 aliphatic heterocycles. The van der Waals surface area contributed by atoms with Crippen molar-refractivity contribution in [3.05, 3.63) is 0 Å². The molecule has 0 aromatic heterocycles. The predicted octanol–water partition coefficient (Wildman–Crippen LogP) is 5.91. The van der Waals surface area contributed by atoms with Gasteiger partial charge in [0.15, 0.2) is 0 Å². The van der Waals surface area contributed by atoms with Crippen molar-refractivity contribution in [2.75, 3.05) is 0 Å². The second-order valence-corrected chi connectivity index (χ2v) is 10.7. The van der Waals surface area contributed by atoms with Gasteiger partial charge in [0.05, 0.1) is 0 Å². The Morgan fingerprint density at radius 3 is 1.20 bits per heavy atom. The van der Waals surface area contributed by atoms with Crippen LogP contribution in [0.15, 0.2) is 0 Å². The molecule has 4 rings (SSSR count). The molecule has 0 N–H and O–H groups in total. The molecule has 0 amide bonds. The molecule has 0 spiro atoms. The summed E-state index contributed by atoms with van der Waals surface area (Å²) in [6.07, 6.45) is 9.10. The highest BCUT2D eigenvalue weighted by molar-refractivity contribution is 5.16. The van der Waals surface area contributed by atoms with E-state index in [-0.39, 0.29) is 0 Å². The van der Waals surface area contributed by atoms with Crippen LogP contribution in [0.5, 0.6) is 0 Å². The molecule has 4 aliphatic rings. The van der Waals surface area contributed by atoms with Crippen LogP contribution in [0, 0.1) is 45.3 Å². The van der Waals surface area contributed by atoms with Gasteiger partial charge in [-0.3, -0.25) is 0 Å². The van der Waals surface area contributed by atoms with Crippen LogP contribution in [0.25, 0.3) is 0 Å². The first-order valence-corrected chi connectivity index (χ1v) is 9.12. The molecular formula is C20H34. The highest BCUT2D eigenvalue weighted by Crippen LogP contribution is 2.75. The molecule has 0 heterocycles. The smallest absolute Gasteiger partial charge is 0.0269 e. The van der Waals surface area contributed by atoms with Crippen molar-refractivity contribution < 1.29 is 0 Å². The van der Waals surface area contributed by atoms with Gasteiger partial charge in [-0.2, -0.15) is 0 Å². The van der Waals surface area contributed by atoms with Crippen LogP contribution in [-0.4, -0.2) is 0 Å². The van der Waals surface area contributed by atoms with E-state index in [4.69, 9.17) is 0 Å². The van der Waals surface area contributed by atoms with Gasteiger partial charge in [-0.25, -0.2) is 0 Å². The zero-order valence-corrected chi connectivity index (χ0v) is 14.6. The maximum Gasteiger partial charge on any atom is -0.0269 e. The molecule has 0 radical (unpaired) electrons. The van der Waals surface area contributed by atoms with Gasteiger partial charge in [-0.1, -0.05) is 41.5 Å². The van der Waals surface area contributed by atoms with Crippen LogP contribution >= 0.6 is 0 Å². The van der Waals surface area contributed by atoms with E-state index < -0.39 is 0 Å². The first kappa shape index (κ1) is 13.6. The van der Waals surface area contributed by atoms with Crippen LogP contribution in [0.1, 0.15) is 80.1 Å². The molecule has 0 bridgehead atoms. The van der Waals surface area contributed by atoms with Gasteiger partial charge in [0.25, 0.3) is 0 Å². The minimum absolute atomic E-state index is 0.631. The lowest BCUT2D eigenvalue weighted by molar-refractivity contribution is -0.0115. The third kappa shape index (κ3) is 1.49. The van der Waals surface area contributed by atoms with Crippen LogP contribution in [0.4, 0.5) is 0 Å². The van der Waals surface area contributed by atoms with E-state index in [9.17, 15) is 0 Å². The average Bonchev–Trinajstić information content (AvgIpc) is 3.10. The average molecular weight is 274 g/mol. The lowest BCUT2D eigenvalue weighted by Gasteiger charge is -2.51. The minimum atomic E-state index is 0.631. The summed E-state index contributed by atoms with van der Waals surface area (Å²) in [5, 5.41) is 0. The zero-order chi connectivity index (χ0) is 14.6. The molecule has 0 aromatic carbocycles.